The summed E-state index contributed by atoms with van der Waals surface area (Å²) in [6.07, 6.45) is 6.24. The zero-order chi connectivity index (χ0) is 14.4. The molecule has 1 unspecified atom stereocenters. The van der Waals surface area contributed by atoms with Gasteiger partial charge < -0.3 is 10.6 Å². The molecule has 0 aliphatic carbocycles. The smallest absolute Gasteiger partial charge is 0.234 e. The predicted octanol–water partition coefficient (Wildman–Crippen LogP) is 1.61. The van der Waals surface area contributed by atoms with Gasteiger partial charge in [0.15, 0.2) is 0 Å². The van der Waals surface area contributed by atoms with Gasteiger partial charge in [0, 0.05) is 19.6 Å². The van der Waals surface area contributed by atoms with Crippen LogP contribution in [0.1, 0.15) is 46.0 Å². The lowest BCUT2D eigenvalue weighted by molar-refractivity contribution is -0.123. The summed E-state index contributed by atoms with van der Waals surface area (Å²) in [5.41, 5.74) is 0.439. The molecule has 1 amide bonds. The van der Waals surface area contributed by atoms with Crippen LogP contribution in [0.25, 0.3) is 0 Å². The highest BCUT2D eigenvalue weighted by Crippen LogP contribution is 2.35. The summed E-state index contributed by atoms with van der Waals surface area (Å²) in [7, 11) is 0. The number of hydrogen-bond donors (Lipinski definition) is 2. The molecule has 2 rings (SSSR count). The number of hydrogen-bond acceptors (Lipinski definition) is 3. The normalized spacial score (nSPS) is 27.9. The topological polar surface area (TPSA) is 44.4 Å². The average molecular weight is 281 g/mol. The summed E-state index contributed by atoms with van der Waals surface area (Å²) in [6, 6.07) is 0. The van der Waals surface area contributed by atoms with Crippen LogP contribution in [0.5, 0.6) is 0 Å². The van der Waals surface area contributed by atoms with Crippen LogP contribution >= 0.6 is 0 Å². The van der Waals surface area contributed by atoms with Gasteiger partial charge in [0.1, 0.15) is 0 Å². The molecule has 4 nitrogen and oxygen atoms in total. The van der Waals surface area contributed by atoms with E-state index in [1.807, 2.05) is 0 Å². The molecule has 2 N–H and O–H groups in total. The molecule has 1 atom stereocenters. The highest BCUT2D eigenvalue weighted by Gasteiger charge is 2.36. The molecule has 2 heterocycles. The fourth-order valence-corrected chi connectivity index (χ4v) is 3.58. The van der Waals surface area contributed by atoms with Gasteiger partial charge >= 0.3 is 0 Å². The Kier molecular flexibility index (Phi) is 5.85. The van der Waals surface area contributed by atoms with Crippen LogP contribution in [-0.4, -0.2) is 50.1 Å². The maximum Gasteiger partial charge on any atom is 0.234 e. The lowest BCUT2D eigenvalue weighted by Gasteiger charge is -2.45. The molecule has 20 heavy (non-hydrogen) atoms. The molecule has 2 saturated heterocycles. The number of likely N-dealkylation sites (tertiary alicyclic amines) is 1. The van der Waals surface area contributed by atoms with E-state index < -0.39 is 0 Å². The standard InChI is InChI=1S/C16H31N3O/c1-14(2)5-9-18-15(20)11-19-10-4-7-16(13-19)6-3-8-17-12-16/h14,17H,3-13H2,1-2H3,(H,18,20). The summed E-state index contributed by atoms with van der Waals surface area (Å²) < 4.78 is 0. The van der Waals surface area contributed by atoms with E-state index in [9.17, 15) is 4.79 Å². The first-order valence-corrected chi connectivity index (χ1v) is 8.29. The van der Waals surface area contributed by atoms with Crippen LogP contribution in [0.4, 0.5) is 0 Å². The molecule has 0 radical (unpaired) electrons. The number of rotatable bonds is 5. The zero-order valence-electron chi connectivity index (χ0n) is 13.2. The first-order chi connectivity index (χ1) is 9.60. The first kappa shape index (κ1) is 15.8. The van der Waals surface area contributed by atoms with Crippen LogP contribution < -0.4 is 10.6 Å². The summed E-state index contributed by atoms with van der Waals surface area (Å²) >= 11 is 0. The minimum Gasteiger partial charge on any atom is -0.355 e. The first-order valence-electron chi connectivity index (χ1n) is 8.29. The van der Waals surface area contributed by atoms with Crippen molar-refractivity contribution in [2.45, 2.75) is 46.0 Å². The Labute approximate surface area is 123 Å². The van der Waals surface area contributed by atoms with Gasteiger partial charge in [0.05, 0.1) is 6.54 Å². The largest absolute Gasteiger partial charge is 0.355 e. The van der Waals surface area contributed by atoms with Crippen molar-refractivity contribution in [3.8, 4) is 0 Å². The quantitative estimate of drug-likeness (QED) is 0.805. The van der Waals surface area contributed by atoms with Crippen molar-refractivity contribution in [3.63, 3.8) is 0 Å². The number of piperidine rings is 2. The molecule has 2 fully saturated rings. The number of carbonyl (C=O) groups excluding carboxylic acids is 1. The van der Waals surface area contributed by atoms with Gasteiger partial charge in [-0.2, -0.15) is 0 Å². The monoisotopic (exact) mass is 281 g/mol. The lowest BCUT2D eigenvalue weighted by Crippen LogP contribution is -2.52. The number of amides is 1. The number of carbonyl (C=O) groups is 1. The predicted molar refractivity (Wildman–Crippen MR) is 82.7 cm³/mol. The highest BCUT2D eigenvalue weighted by atomic mass is 16.2. The lowest BCUT2D eigenvalue weighted by atomic mass is 9.74. The summed E-state index contributed by atoms with van der Waals surface area (Å²) in [4.78, 5) is 14.4. The van der Waals surface area contributed by atoms with Gasteiger partial charge in [-0.3, -0.25) is 9.69 Å². The summed E-state index contributed by atoms with van der Waals surface area (Å²) in [6.45, 7) is 10.3. The van der Waals surface area contributed by atoms with Crippen LogP contribution in [-0.2, 0) is 4.79 Å². The van der Waals surface area contributed by atoms with Crippen molar-refractivity contribution < 1.29 is 4.79 Å². The van der Waals surface area contributed by atoms with Crippen molar-refractivity contribution in [2.24, 2.45) is 11.3 Å². The maximum atomic E-state index is 12.0. The van der Waals surface area contributed by atoms with Crippen LogP contribution in [0.2, 0.25) is 0 Å². The fourth-order valence-electron chi connectivity index (χ4n) is 3.58. The van der Waals surface area contributed by atoms with E-state index in [0.29, 0.717) is 17.9 Å². The van der Waals surface area contributed by atoms with E-state index in [1.165, 1.54) is 25.7 Å². The molecule has 1 spiro atoms. The molecule has 2 aliphatic heterocycles. The molecule has 0 saturated carbocycles. The van der Waals surface area contributed by atoms with Crippen molar-refractivity contribution in [1.82, 2.24) is 15.5 Å². The Hall–Kier alpha value is -0.610. The minimum absolute atomic E-state index is 0.200. The Morgan fingerprint density at radius 2 is 2.15 bits per heavy atom. The Bertz CT molecular complexity index is 305. The van der Waals surface area contributed by atoms with E-state index in [1.54, 1.807) is 0 Å². The highest BCUT2D eigenvalue weighted by molar-refractivity contribution is 5.78. The third kappa shape index (κ3) is 4.74. The van der Waals surface area contributed by atoms with Gasteiger partial charge in [0.2, 0.25) is 5.91 Å². The summed E-state index contributed by atoms with van der Waals surface area (Å²) in [5.74, 6) is 0.855. The number of nitrogens with one attached hydrogen (secondary N) is 2. The van der Waals surface area contributed by atoms with Crippen LogP contribution in [0.3, 0.4) is 0 Å². The van der Waals surface area contributed by atoms with Gasteiger partial charge in [0.25, 0.3) is 0 Å². The van der Waals surface area contributed by atoms with E-state index in [4.69, 9.17) is 0 Å². The third-order valence-corrected chi connectivity index (χ3v) is 4.71. The second kappa shape index (κ2) is 7.41. The van der Waals surface area contributed by atoms with Gasteiger partial charge in [-0.15, -0.1) is 0 Å². The van der Waals surface area contributed by atoms with Crippen molar-refractivity contribution in [1.29, 1.82) is 0 Å². The van der Waals surface area contributed by atoms with Crippen molar-refractivity contribution in [3.05, 3.63) is 0 Å². The Morgan fingerprint density at radius 1 is 1.35 bits per heavy atom. The van der Waals surface area contributed by atoms with E-state index in [0.717, 1.165) is 39.1 Å². The van der Waals surface area contributed by atoms with E-state index in [2.05, 4.69) is 29.4 Å². The second-order valence-electron chi connectivity index (χ2n) is 7.13. The van der Waals surface area contributed by atoms with Crippen molar-refractivity contribution in [2.75, 3.05) is 39.3 Å². The molecule has 116 valence electrons. The molecular formula is C16H31N3O. The Morgan fingerprint density at radius 3 is 2.85 bits per heavy atom. The SMILES string of the molecule is CC(C)CCNC(=O)CN1CCCC2(CCCNC2)C1. The molecule has 0 aromatic rings. The molecular weight excluding hydrogens is 250 g/mol. The van der Waals surface area contributed by atoms with Gasteiger partial charge in [-0.05, 0) is 56.5 Å². The zero-order valence-corrected chi connectivity index (χ0v) is 13.2. The second-order valence-corrected chi connectivity index (χ2v) is 7.13. The molecule has 4 heteroatoms. The molecule has 0 aromatic heterocycles. The van der Waals surface area contributed by atoms with Crippen LogP contribution in [0, 0.1) is 11.3 Å². The average Bonchev–Trinajstić information content (AvgIpc) is 2.39. The fraction of sp³-hybridized carbons (Fsp3) is 0.938. The molecule has 0 aromatic carbocycles. The Balaban J connectivity index is 1.73. The molecule has 2 aliphatic rings. The minimum atomic E-state index is 0.200. The molecule has 0 bridgehead atoms. The van der Waals surface area contributed by atoms with E-state index in [-0.39, 0.29) is 5.91 Å². The summed E-state index contributed by atoms with van der Waals surface area (Å²) in [5, 5.41) is 6.60. The van der Waals surface area contributed by atoms with E-state index >= 15 is 0 Å². The van der Waals surface area contributed by atoms with Crippen molar-refractivity contribution >= 4 is 5.91 Å². The van der Waals surface area contributed by atoms with Gasteiger partial charge in [-0.25, -0.2) is 0 Å². The van der Waals surface area contributed by atoms with Crippen LogP contribution in [0.15, 0.2) is 0 Å². The third-order valence-electron chi connectivity index (χ3n) is 4.71. The maximum absolute atomic E-state index is 12.0. The van der Waals surface area contributed by atoms with Gasteiger partial charge in [-0.1, -0.05) is 13.8 Å². The number of nitrogens with zero attached hydrogens (tertiary/aromatic N) is 1.